The molecule has 138 valence electrons. The van der Waals surface area contributed by atoms with Crippen LogP contribution in [-0.4, -0.2) is 54.7 Å². The van der Waals surface area contributed by atoms with Crippen LogP contribution in [0.1, 0.15) is 43.2 Å². The first kappa shape index (κ1) is 16.9. The van der Waals surface area contributed by atoms with Gasteiger partial charge in [0.2, 0.25) is 6.10 Å². The minimum atomic E-state index is -0.700. The normalized spacial score (nSPS) is 23.0. The summed E-state index contributed by atoms with van der Waals surface area (Å²) in [5.74, 6) is 1.26. The van der Waals surface area contributed by atoms with Gasteiger partial charge in [-0.05, 0) is 37.8 Å². The van der Waals surface area contributed by atoms with Crippen LogP contribution in [0, 0.1) is 0 Å². The summed E-state index contributed by atoms with van der Waals surface area (Å²) in [6.45, 7) is 1.74. The van der Waals surface area contributed by atoms with E-state index in [1.165, 1.54) is 12.8 Å². The van der Waals surface area contributed by atoms with Crippen molar-refractivity contribution in [3.05, 3.63) is 29.3 Å². The molecule has 1 aliphatic carbocycles. The van der Waals surface area contributed by atoms with Crippen LogP contribution >= 0.6 is 0 Å². The highest BCUT2D eigenvalue weighted by Gasteiger charge is 2.30. The Morgan fingerprint density at radius 1 is 1.35 bits per heavy atom. The Hall–Kier alpha value is -2.57. The van der Waals surface area contributed by atoms with E-state index in [9.17, 15) is 4.79 Å². The maximum absolute atomic E-state index is 11.4. The number of rotatable bonds is 5. The van der Waals surface area contributed by atoms with Crippen LogP contribution in [-0.2, 0) is 9.63 Å². The van der Waals surface area contributed by atoms with Crippen molar-refractivity contribution < 1.29 is 14.4 Å². The average Bonchev–Trinajstić information content (AvgIpc) is 3.36. The number of hydrogen-bond acceptors (Lipinski definition) is 6. The minimum absolute atomic E-state index is 0.224. The van der Waals surface area contributed by atoms with Gasteiger partial charge in [0.05, 0.1) is 18.4 Å². The molecule has 3 aliphatic rings. The van der Waals surface area contributed by atoms with Crippen LogP contribution in [0.25, 0.3) is 0 Å². The predicted molar refractivity (Wildman–Crippen MR) is 98.6 cm³/mol. The average molecular weight is 356 g/mol. The van der Waals surface area contributed by atoms with E-state index in [1.807, 2.05) is 25.2 Å². The third kappa shape index (κ3) is 3.25. The van der Waals surface area contributed by atoms with E-state index in [1.54, 1.807) is 0 Å². The molecule has 0 radical (unpaired) electrons. The zero-order chi connectivity index (χ0) is 18.1. The van der Waals surface area contributed by atoms with Crippen molar-refractivity contribution in [3.63, 3.8) is 0 Å². The van der Waals surface area contributed by atoms with Gasteiger partial charge in [0.1, 0.15) is 11.6 Å². The van der Waals surface area contributed by atoms with Crippen molar-refractivity contribution in [1.29, 1.82) is 0 Å². The number of amides is 1. The molecule has 1 aromatic carbocycles. The second-order valence-corrected chi connectivity index (χ2v) is 7.10. The van der Waals surface area contributed by atoms with Crippen molar-refractivity contribution in [3.8, 4) is 5.75 Å². The van der Waals surface area contributed by atoms with Crippen LogP contribution in [0.3, 0.4) is 0 Å². The van der Waals surface area contributed by atoms with Crippen LogP contribution in [0.5, 0.6) is 5.75 Å². The van der Waals surface area contributed by atoms with E-state index < -0.39 is 12.0 Å². The number of carbonyl (C=O) groups is 1. The largest absolute Gasteiger partial charge is 0.490 e. The van der Waals surface area contributed by atoms with Gasteiger partial charge in [-0.1, -0.05) is 11.2 Å². The van der Waals surface area contributed by atoms with Gasteiger partial charge >= 0.3 is 0 Å². The lowest BCUT2D eigenvalue weighted by atomic mass is 10.0. The van der Waals surface area contributed by atoms with Gasteiger partial charge in [-0.2, -0.15) is 0 Å². The van der Waals surface area contributed by atoms with Gasteiger partial charge in [-0.15, -0.1) is 0 Å². The monoisotopic (exact) mass is 356 g/mol. The standard InChI is InChI=1S/C19H24N4O3/c1-23-9-8-21-19(23)12-6-7-14(15-11-17(18(20)24)26-22-15)16(10-12)25-13-4-2-3-5-13/h6-7,10,13,17H,2-5,8-9,11H2,1H3,(H2,20,24). The molecule has 1 aromatic rings. The third-order valence-corrected chi connectivity index (χ3v) is 5.19. The molecule has 0 saturated heterocycles. The number of likely N-dealkylation sites (N-methyl/N-ethyl adjacent to an activating group) is 1. The maximum atomic E-state index is 11.4. The number of amidine groups is 1. The van der Waals surface area contributed by atoms with E-state index in [0.717, 1.165) is 48.6 Å². The van der Waals surface area contributed by atoms with E-state index in [2.05, 4.69) is 15.0 Å². The maximum Gasteiger partial charge on any atom is 0.261 e. The van der Waals surface area contributed by atoms with Gasteiger partial charge in [-0.25, -0.2) is 0 Å². The molecule has 1 atom stereocenters. The third-order valence-electron chi connectivity index (χ3n) is 5.19. The predicted octanol–water partition coefficient (Wildman–Crippen LogP) is 1.68. The Morgan fingerprint density at radius 3 is 2.81 bits per heavy atom. The number of aliphatic imine (C=N–C) groups is 1. The summed E-state index contributed by atoms with van der Waals surface area (Å²) in [6, 6.07) is 6.05. The SMILES string of the molecule is CN1CCN=C1c1ccc(C2=NOC(C(N)=O)C2)c(OC2CCCC2)c1. The molecule has 4 rings (SSSR count). The molecule has 7 nitrogen and oxygen atoms in total. The summed E-state index contributed by atoms with van der Waals surface area (Å²) < 4.78 is 6.32. The highest BCUT2D eigenvalue weighted by Crippen LogP contribution is 2.31. The summed E-state index contributed by atoms with van der Waals surface area (Å²) in [7, 11) is 2.05. The van der Waals surface area contributed by atoms with E-state index in [0.29, 0.717) is 12.1 Å². The Bertz CT molecular complexity index is 768. The molecule has 1 fully saturated rings. The Labute approximate surface area is 152 Å². The number of hydrogen-bond donors (Lipinski definition) is 1. The number of ether oxygens (including phenoxy) is 1. The number of oxime groups is 1. The summed E-state index contributed by atoms with van der Waals surface area (Å²) >= 11 is 0. The minimum Gasteiger partial charge on any atom is -0.490 e. The molecular formula is C19H24N4O3. The molecule has 7 heteroatoms. The van der Waals surface area contributed by atoms with E-state index in [4.69, 9.17) is 15.3 Å². The van der Waals surface area contributed by atoms with Crippen molar-refractivity contribution >= 4 is 17.5 Å². The molecular weight excluding hydrogens is 332 g/mol. The van der Waals surface area contributed by atoms with Crippen molar-refractivity contribution in [2.45, 2.75) is 44.3 Å². The second kappa shape index (κ2) is 6.97. The number of nitrogens with zero attached hydrogens (tertiary/aromatic N) is 3. The van der Waals surface area contributed by atoms with Crippen molar-refractivity contribution in [1.82, 2.24) is 4.90 Å². The summed E-state index contributed by atoms with van der Waals surface area (Å²) in [5, 5.41) is 4.08. The fraction of sp³-hybridized carbons (Fsp3) is 0.526. The first-order valence-electron chi connectivity index (χ1n) is 9.21. The molecule has 1 unspecified atom stereocenters. The summed E-state index contributed by atoms with van der Waals surface area (Å²) in [4.78, 5) is 23.3. The van der Waals surface area contributed by atoms with Crippen LogP contribution in [0.2, 0.25) is 0 Å². The summed E-state index contributed by atoms with van der Waals surface area (Å²) in [6.07, 6.45) is 4.42. The second-order valence-electron chi connectivity index (χ2n) is 7.10. The molecule has 1 saturated carbocycles. The molecule has 2 aliphatic heterocycles. The fourth-order valence-corrected chi connectivity index (χ4v) is 3.72. The Morgan fingerprint density at radius 2 is 2.15 bits per heavy atom. The molecule has 0 spiro atoms. The lowest BCUT2D eigenvalue weighted by Gasteiger charge is -2.19. The van der Waals surface area contributed by atoms with Gasteiger partial charge < -0.3 is 20.2 Å². The first-order chi connectivity index (χ1) is 12.6. The molecule has 2 N–H and O–H groups in total. The quantitative estimate of drug-likeness (QED) is 0.869. The van der Waals surface area contributed by atoms with Gasteiger partial charge in [-0.3, -0.25) is 9.79 Å². The van der Waals surface area contributed by atoms with Crippen LogP contribution in [0.15, 0.2) is 28.3 Å². The smallest absolute Gasteiger partial charge is 0.261 e. The lowest BCUT2D eigenvalue weighted by Crippen LogP contribution is -2.28. The number of primary amides is 1. The zero-order valence-electron chi connectivity index (χ0n) is 15.0. The fourth-order valence-electron chi connectivity index (χ4n) is 3.72. The van der Waals surface area contributed by atoms with Crippen molar-refractivity contribution in [2.75, 3.05) is 20.1 Å². The highest BCUT2D eigenvalue weighted by atomic mass is 16.6. The first-order valence-corrected chi connectivity index (χ1v) is 9.21. The van der Waals surface area contributed by atoms with E-state index >= 15 is 0 Å². The van der Waals surface area contributed by atoms with Crippen molar-refractivity contribution in [2.24, 2.45) is 15.9 Å². The van der Waals surface area contributed by atoms with Crippen LogP contribution < -0.4 is 10.5 Å². The van der Waals surface area contributed by atoms with Gasteiger partial charge in [0.15, 0.2) is 0 Å². The van der Waals surface area contributed by atoms with Gasteiger partial charge in [0, 0.05) is 31.1 Å². The van der Waals surface area contributed by atoms with E-state index in [-0.39, 0.29) is 6.10 Å². The zero-order valence-corrected chi connectivity index (χ0v) is 15.0. The molecule has 2 heterocycles. The Balaban J connectivity index is 1.65. The summed E-state index contributed by atoms with van der Waals surface area (Å²) in [5.41, 5.74) is 7.95. The highest BCUT2D eigenvalue weighted by molar-refractivity contribution is 6.07. The molecule has 26 heavy (non-hydrogen) atoms. The Kier molecular flexibility index (Phi) is 4.53. The molecule has 0 bridgehead atoms. The number of carbonyl (C=O) groups excluding carboxylic acids is 1. The molecule has 1 amide bonds. The number of nitrogens with two attached hydrogens (primary N) is 1. The topological polar surface area (TPSA) is 89.5 Å². The molecule has 0 aromatic heterocycles. The number of benzene rings is 1. The van der Waals surface area contributed by atoms with Crippen LogP contribution in [0.4, 0.5) is 0 Å². The van der Waals surface area contributed by atoms with Gasteiger partial charge in [0.25, 0.3) is 5.91 Å². The lowest BCUT2D eigenvalue weighted by molar-refractivity contribution is -0.127.